The summed E-state index contributed by atoms with van der Waals surface area (Å²) in [7, 11) is 0. The maximum Gasteiger partial charge on any atom is 0.264 e. The summed E-state index contributed by atoms with van der Waals surface area (Å²) in [5, 5.41) is 13.4. The number of nitrogens with zero attached hydrogens (tertiary/aromatic N) is 1. The first-order chi connectivity index (χ1) is 13.4. The van der Waals surface area contributed by atoms with Crippen LogP contribution >= 0.6 is 11.3 Å². The number of hydrogen-bond donors (Lipinski definition) is 1. The minimum atomic E-state index is -1.85. The van der Waals surface area contributed by atoms with Crippen LogP contribution in [-0.4, -0.2) is 16.8 Å². The normalized spacial score (nSPS) is 18.4. The van der Waals surface area contributed by atoms with Crippen molar-refractivity contribution >= 4 is 28.7 Å². The van der Waals surface area contributed by atoms with Gasteiger partial charge in [0.25, 0.3) is 5.91 Å². The maximum atomic E-state index is 13.3. The topological polar surface area (TPSA) is 57.6 Å². The summed E-state index contributed by atoms with van der Waals surface area (Å²) < 4.78 is 0. The van der Waals surface area contributed by atoms with E-state index < -0.39 is 11.5 Å². The SMILES string of the molecule is Cc1ccc(C)c(C(=O)C[C@]2(O)C(=O)N(Cc3cccs3)c3ccccc32)c1. The number of fused-ring (bicyclic) bond motifs is 1. The van der Waals surface area contributed by atoms with Crippen LogP contribution < -0.4 is 4.90 Å². The first-order valence-corrected chi connectivity index (χ1v) is 10.0. The molecular weight excluding hydrogens is 370 g/mol. The van der Waals surface area contributed by atoms with E-state index >= 15 is 0 Å². The molecule has 2 aromatic carbocycles. The van der Waals surface area contributed by atoms with Gasteiger partial charge in [-0.1, -0.05) is 42.0 Å². The zero-order valence-corrected chi connectivity index (χ0v) is 16.6. The predicted octanol–water partition coefficient (Wildman–Crippen LogP) is 4.37. The Kier molecular flexibility index (Phi) is 4.65. The number of carbonyl (C=O) groups excluding carboxylic acids is 2. The van der Waals surface area contributed by atoms with Crippen LogP contribution in [0.2, 0.25) is 0 Å². The van der Waals surface area contributed by atoms with Crippen molar-refractivity contribution in [2.75, 3.05) is 4.90 Å². The highest BCUT2D eigenvalue weighted by atomic mass is 32.1. The zero-order valence-electron chi connectivity index (χ0n) is 15.8. The van der Waals surface area contributed by atoms with Crippen LogP contribution in [-0.2, 0) is 16.9 Å². The quantitative estimate of drug-likeness (QED) is 0.657. The van der Waals surface area contributed by atoms with E-state index in [9.17, 15) is 14.7 Å². The number of anilines is 1. The average Bonchev–Trinajstić information content (AvgIpc) is 3.26. The zero-order chi connectivity index (χ0) is 19.9. The highest BCUT2D eigenvalue weighted by molar-refractivity contribution is 7.09. The van der Waals surface area contributed by atoms with Crippen molar-refractivity contribution in [3.05, 3.63) is 87.1 Å². The van der Waals surface area contributed by atoms with Gasteiger partial charge in [-0.3, -0.25) is 9.59 Å². The third-order valence-corrected chi connectivity index (χ3v) is 6.10. The predicted molar refractivity (Wildman–Crippen MR) is 111 cm³/mol. The Hall–Kier alpha value is -2.76. The number of hydrogen-bond acceptors (Lipinski definition) is 4. The molecule has 0 saturated heterocycles. The number of amides is 1. The molecule has 1 amide bonds. The van der Waals surface area contributed by atoms with E-state index in [1.165, 1.54) is 0 Å². The Balaban J connectivity index is 1.70. The number of Topliss-reactive ketones (excluding diaryl/α,β-unsaturated/α-hetero) is 1. The van der Waals surface area contributed by atoms with Gasteiger partial charge >= 0.3 is 0 Å². The van der Waals surface area contributed by atoms with Gasteiger partial charge in [-0.2, -0.15) is 0 Å². The molecule has 1 aromatic heterocycles. The van der Waals surface area contributed by atoms with Gasteiger partial charge in [-0.05, 0) is 43.0 Å². The fourth-order valence-electron chi connectivity index (χ4n) is 3.76. The van der Waals surface area contributed by atoms with E-state index in [-0.39, 0.29) is 12.2 Å². The molecule has 4 rings (SSSR count). The molecule has 0 saturated carbocycles. The summed E-state index contributed by atoms with van der Waals surface area (Å²) in [5.41, 5.74) is 1.68. The van der Waals surface area contributed by atoms with Crippen LogP contribution in [0.1, 0.15) is 38.3 Å². The van der Waals surface area contributed by atoms with Crippen molar-refractivity contribution in [3.8, 4) is 0 Å². The summed E-state index contributed by atoms with van der Waals surface area (Å²) in [4.78, 5) is 28.9. The number of benzene rings is 2. The Morgan fingerprint density at radius 3 is 2.64 bits per heavy atom. The number of aryl methyl sites for hydroxylation is 2. The number of rotatable bonds is 5. The van der Waals surface area contributed by atoms with Crippen LogP contribution in [0.5, 0.6) is 0 Å². The van der Waals surface area contributed by atoms with Crippen molar-refractivity contribution in [1.82, 2.24) is 0 Å². The van der Waals surface area contributed by atoms with Gasteiger partial charge in [-0.15, -0.1) is 11.3 Å². The van der Waals surface area contributed by atoms with Crippen molar-refractivity contribution in [2.45, 2.75) is 32.4 Å². The van der Waals surface area contributed by atoms with Crippen molar-refractivity contribution in [1.29, 1.82) is 0 Å². The summed E-state index contributed by atoms with van der Waals surface area (Å²) >= 11 is 1.56. The lowest BCUT2D eigenvalue weighted by atomic mass is 9.87. The number of thiophene rings is 1. The minimum Gasteiger partial charge on any atom is -0.375 e. The van der Waals surface area contributed by atoms with E-state index in [4.69, 9.17) is 0 Å². The monoisotopic (exact) mass is 391 g/mol. The molecule has 1 aliphatic heterocycles. The molecule has 0 bridgehead atoms. The van der Waals surface area contributed by atoms with Crippen LogP contribution in [0.4, 0.5) is 5.69 Å². The maximum absolute atomic E-state index is 13.3. The molecule has 0 fully saturated rings. The molecule has 1 atom stereocenters. The standard InChI is InChI=1S/C23H21NO3S/c1-15-9-10-16(2)18(12-15)21(25)13-23(27)19-7-3-4-8-20(19)24(22(23)26)14-17-6-5-11-28-17/h3-12,27H,13-14H2,1-2H3/t23-/m1/s1. The van der Waals surface area contributed by atoms with Gasteiger partial charge in [0.2, 0.25) is 0 Å². The molecule has 3 aromatic rings. The van der Waals surface area contributed by atoms with Crippen LogP contribution in [0.15, 0.2) is 60.0 Å². The highest BCUT2D eigenvalue weighted by Crippen LogP contribution is 2.43. The molecule has 0 radical (unpaired) electrons. The van der Waals surface area contributed by atoms with E-state index in [1.54, 1.807) is 28.4 Å². The number of aliphatic hydroxyl groups is 1. The van der Waals surface area contributed by atoms with Gasteiger partial charge in [0, 0.05) is 16.0 Å². The smallest absolute Gasteiger partial charge is 0.264 e. The second kappa shape index (κ2) is 7.00. The van der Waals surface area contributed by atoms with Crippen molar-refractivity contribution in [3.63, 3.8) is 0 Å². The molecular formula is C23H21NO3S. The Morgan fingerprint density at radius 2 is 1.89 bits per heavy atom. The van der Waals surface area contributed by atoms with Crippen LogP contribution in [0.3, 0.4) is 0 Å². The third-order valence-electron chi connectivity index (χ3n) is 5.24. The molecule has 2 heterocycles. The fourth-order valence-corrected chi connectivity index (χ4v) is 4.45. The molecule has 0 spiro atoms. The van der Waals surface area contributed by atoms with Crippen LogP contribution in [0, 0.1) is 13.8 Å². The average molecular weight is 391 g/mol. The summed E-state index contributed by atoms with van der Waals surface area (Å²) in [6.07, 6.45) is -0.270. The van der Waals surface area contributed by atoms with Crippen LogP contribution in [0.25, 0.3) is 0 Å². The molecule has 5 heteroatoms. The van der Waals surface area contributed by atoms with E-state index in [1.807, 2.05) is 61.7 Å². The van der Waals surface area contributed by atoms with Gasteiger partial charge in [0.15, 0.2) is 11.4 Å². The lowest BCUT2D eigenvalue weighted by Gasteiger charge is -2.23. The lowest BCUT2D eigenvalue weighted by molar-refractivity contribution is -0.136. The Bertz CT molecular complexity index is 1060. The fraction of sp³-hybridized carbons (Fsp3) is 0.217. The summed E-state index contributed by atoms with van der Waals surface area (Å²) in [6.45, 7) is 4.17. The summed E-state index contributed by atoms with van der Waals surface area (Å²) in [6, 6.07) is 16.7. The number of para-hydroxylation sites is 1. The molecule has 4 nitrogen and oxygen atoms in total. The Labute approximate surface area is 168 Å². The molecule has 1 N–H and O–H groups in total. The molecule has 0 aliphatic carbocycles. The minimum absolute atomic E-state index is 0.232. The first kappa shape index (κ1) is 18.6. The van der Waals surface area contributed by atoms with Crippen molar-refractivity contribution < 1.29 is 14.7 Å². The highest BCUT2D eigenvalue weighted by Gasteiger charge is 2.50. The molecule has 1 aliphatic rings. The van der Waals surface area contributed by atoms with E-state index in [0.717, 1.165) is 16.0 Å². The van der Waals surface area contributed by atoms with Gasteiger partial charge in [0.05, 0.1) is 18.7 Å². The van der Waals surface area contributed by atoms with Gasteiger partial charge in [0.1, 0.15) is 0 Å². The van der Waals surface area contributed by atoms with Gasteiger partial charge in [-0.25, -0.2) is 0 Å². The lowest BCUT2D eigenvalue weighted by Crippen LogP contribution is -2.41. The molecule has 28 heavy (non-hydrogen) atoms. The molecule has 0 unspecified atom stereocenters. The largest absolute Gasteiger partial charge is 0.375 e. The van der Waals surface area contributed by atoms with E-state index in [2.05, 4.69) is 0 Å². The second-order valence-electron chi connectivity index (χ2n) is 7.27. The van der Waals surface area contributed by atoms with E-state index in [0.29, 0.717) is 23.4 Å². The third kappa shape index (κ3) is 3.07. The number of ketones is 1. The van der Waals surface area contributed by atoms with Crippen molar-refractivity contribution in [2.24, 2.45) is 0 Å². The van der Waals surface area contributed by atoms with Gasteiger partial charge < -0.3 is 10.0 Å². The first-order valence-electron chi connectivity index (χ1n) is 9.17. The summed E-state index contributed by atoms with van der Waals surface area (Å²) in [5.74, 6) is -0.675. The Morgan fingerprint density at radius 1 is 1.11 bits per heavy atom. The number of carbonyl (C=O) groups is 2. The second-order valence-corrected chi connectivity index (χ2v) is 8.30. The molecule has 142 valence electrons.